The maximum Gasteiger partial charge on any atom is 0.176 e. The van der Waals surface area contributed by atoms with Gasteiger partial charge in [0.15, 0.2) is 17.4 Å². The molecule has 0 bridgehead atoms. The molecule has 1 aliphatic heterocycles. The number of fused-ring (bicyclic) bond motifs is 3. The minimum Gasteiger partial charge on any atom is -0.481 e. The third-order valence-electron chi connectivity index (χ3n) is 2.46. The first-order chi connectivity index (χ1) is 7.79. The van der Waals surface area contributed by atoms with Crippen LogP contribution in [0.1, 0.15) is 11.6 Å². The Morgan fingerprint density at radius 3 is 3.19 bits per heavy atom. The van der Waals surface area contributed by atoms with Gasteiger partial charge >= 0.3 is 0 Å². The molecule has 1 aliphatic rings. The third kappa shape index (κ3) is 1.17. The second kappa shape index (κ2) is 3.21. The molecule has 1 aromatic heterocycles. The fourth-order valence-corrected chi connectivity index (χ4v) is 1.75. The highest BCUT2D eigenvalue weighted by Crippen LogP contribution is 2.33. The van der Waals surface area contributed by atoms with Crippen molar-refractivity contribution in [1.82, 2.24) is 14.8 Å². The van der Waals surface area contributed by atoms with Crippen molar-refractivity contribution in [1.29, 1.82) is 0 Å². The highest BCUT2D eigenvalue weighted by Gasteiger charge is 2.21. The van der Waals surface area contributed by atoms with Gasteiger partial charge in [0.2, 0.25) is 0 Å². The van der Waals surface area contributed by atoms with Crippen molar-refractivity contribution in [2.45, 2.75) is 13.2 Å². The molecule has 0 amide bonds. The number of rotatable bonds is 1. The maximum atomic E-state index is 8.99. The van der Waals surface area contributed by atoms with E-state index in [-0.39, 0.29) is 6.61 Å². The number of ether oxygens (including phenoxy) is 1. The van der Waals surface area contributed by atoms with Crippen molar-refractivity contribution >= 4 is 5.69 Å². The average Bonchev–Trinajstić information content (AvgIpc) is 2.72. The van der Waals surface area contributed by atoms with Crippen LogP contribution in [0.3, 0.4) is 0 Å². The van der Waals surface area contributed by atoms with Crippen LogP contribution >= 0.6 is 0 Å². The molecule has 0 spiro atoms. The molecule has 0 saturated heterocycles. The van der Waals surface area contributed by atoms with E-state index in [0.29, 0.717) is 29.7 Å². The van der Waals surface area contributed by atoms with Crippen LogP contribution < -0.4 is 10.5 Å². The van der Waals surface area contributed by atoms with Crippen molar-refractivity contribution in [3.8, 4) is 11.4 Å². The molecule has 0 radical (unpaired) electrons. The summed E-state index contributed by atoms with van der Waals surface area (Å²) < 4.78 is 7.16. The van der Waals surface area contributed by atoms with E-state index in [4.69, 9.17) is 15.6 Å². The van der Waals surface area contributed by atoms with E-state index < -0.39 is 0 Å². The molecule has 6 heteroatoms. The number of benzene rings is 1. The van der Waals surface area contributed by atoms with Gasteiger partial charge in [-0.1, -0.05) is 6.07 Å². The minimum absolute atomic E-state index is 0.183. The number of aliphatic hydroxyl groups excluding tert-OH is 1. The molecular formula is C10H10N4O2. The fourth-order valence-electron chi connectivity index (χ4n) is 1.75. The van der Waals surface area contributed by atoms with Gasteiger partial charge in [0.1, 0.15) is 18.9 Å². The monoisotopic (exact) mass is 218 g/mol. The first-order valence-electron chi connectivity index (χ1n) is 4.87. The summed E-state index contributed by atoms with van der Waals surface area (Å²) in [6.07, 6.45) is 0. The zero-order valence-electron chi connectivity index (χ0n) is 8.42. The van der Waals surface area contributed by atoms with E-state index in [1.165, 1.54) is 0 Å². The molecule has 16 heavy (non-hydrogen) atoms. The number of hydrogen-bond acceptors (Lipinski definition) is 5. The van der Waals surface area contributed by atoms with E-state index >= 15 is 0 Å². The first-order valence-corrected chi connectivity index (χ1v) is 4.87. The van der Waals surface area contributed by atoms with E-state index in [1.807, 2.05) is 12.1 Å². The van der Waals surface area contributed by atoms with Crippen molar-refractivity contribution < 1.29 is 9.84 Å². The number of nitrogens with zero attached hydrogens (tertiary/aromatic N) is 3. The van der Waals surface area contributed by atoms with Gasteiger partial charge < -0.3 is 15.6 Å². The SMILES string of the molecule is Nc1cccc2c1OCc1nc(CO)nn1-2. The molecule has 3 N–H and O–H groups in total. The first kappa shape index (κ1) is 9.17. The zero-order valence-corrected chi connectivity index (χ0v) is 8.42. The molecule has 2 aromatic rings. The second-order valence-electron chi connectivity index (χ2n) is 3.50. The van der Waals surface area contributed by atoms with Crippen LogP contribution in [0.4, 0.5) is 5.69 Å². The summed E-state index contributed by atoms with van der Waals surface area (Å²) in [7, 11) is 0. The summed E-state index contributed by atoms with van der Waals surface area (Å²) in [4.78, 5) is 4.13. The summed E-state index contributed by atoms with van der Waals surface area (Å²) in [6.45, 7) is 0.131. The molecule has 0 aliphatic carbocycles. The number of para-hydroxylation sites is 1. The lowest BCUT2D eigenvalue weighted by molar-refractivity contribution is 0.271. The van der Waals surface area contributed by atoms with Crippen molar-refractivity contribution in [2.75, 3.05) is 5.73 Å². The Morgan fingerprint density at radius 1 is 1.50 bits per heavy atom. The van der Waals surface area contributed by atoms with Crippen molar-refractivity contribution in [3.05, 3.63) is 29.8 Å². The van der Waals surface area contributed by atoms with Crippen LogP contribution in [-0.4, -0.2) is 19.9 Å². The van der Waals surface area contributed by atoms with Crippen LogP contribution in [0.2, 0.25) is 0 Å². The summed E-state index contributed by atoms with van der Waals surface area (Å²) in [5, 5.41) is 13.2. The largest absolute Gasteiger partial charge is 0.481 e. The molecule has 0 fully saturated rings. The van der Waals surface area contributed by atoms with Gasteiger partial charge in [-0.3, -0.25) is 0 Å². The molecule has 82 valence electrons. The average molecular weight is 218 g/mol. The topological polar surface area (TPSA) is 86.2 Å². The summed E-state index contributed by atoms with van der Waals surface area (Å²) in [6, 6.07) is 5.45. The number of nitrogens with two attached hydrogens (primary N) is 1. The van der Waals surface area contributed by atoms with E-state index in [0.717, 1.165) is 5.69 Å². The van der Waals surface area contributed by atoms with Gasteiger partial charge in [0.05, 0.1) is 5.69 Å². The third-order valence-corrected chi connectivity index (χ3v) is 2.46. The van der Waals surface area contributed by atoms with E-state index in [9.17, 15) is 0 Å². The lowest BCUT2D eigenvalue weighted by Gasteiger charge is -2.18. The van der Waals surface area contributed by atoms with Crippen molar-refractivity contribution in [3.63, 3.8) is 0 Å². The van der Waals surface area contributed by atoms with E-state index in [1.54, 1.807) is 10.7 Å². The Bertz CT molecular complexity index is 550. The Hall–Kier alpha value is -2.08. The Labute approximate surface area is 91.3 Å². The van der Waals surface area contributed by atoms with Gasteiger partial charge in [-0.2, -0.15) is 0 Å². The summed E-state index contributed by atoms with van der Waals surface area (Å²) in [5.74, 6) is 1.67. The van der Waals surface area contributed by atoms with Gasteiger partial charge in [-0.25, -0.2) is 9.67 Å². The zero-order chi connectivity index (χ0) is 11.1. The van der Waals surface area contributed by atoms with Crippen LogP contribution in [0.5, 0.6) is 5.75 Å². The highest BCUT2D eigenvalue weighted by molar-refractivity contribution is 5.64. The van der Waals surface area contributed by atoms with E-state index in [2.05, 4.69) is 10.1 Å². The van der Waals surface area contributed by atoms with Crippen LogP contribution in [0.25, 0.3) is 5.69 Å². The van der Waals surface area contributed by atoms with Gasteiger partial charge in [-0.05, 0) is 12.1 Å². The standard InChI is InChI=1S/C10H10N4O2/c11-6-2-1-3-7-10(6)16-5-9-12-8(4-15)13-14(7)9/h1-3,15H,4-5,11H2. The molecule has 2 heterocycles. The minimum atomic E-state index is -0.183. The highest BCUT2D eigenvalue weighted by atomic mass is 16.5. The Kier molecular flexibility index (Phi) is 1.84. The molecule has 0 saturated carbocycles. The maximum absolute atomic E-state index is 8.99. The van der Waals surface area contributed by atoms with Gasteiger partial charge in [-0.15, -0.1) is 5.10 Å². The quantitative estimate of drug-likeness (QED) is 0.669. The molecule has 0 atom stereocenters. The number of hydrogen-bond donors (Lipinski definition) is 2. The number of anilines is 1. The van der Waals surface area contributed by atoms with Crippen LogP contribution in [0.15, 0.2) is 18.2 Å². The number of nitrogen functional groups attached to an aromatic ring is 1. The van der Waals surface area contributed by atoms with Gasteiger partial charge in [0.25, 0.3) is 0 Å². The summed E-state index contributed by atoms with van der Waals surface area (Å²) >= 11 is 0. The molecular weight excluding hydrogens is 208 g/mol. The van der Waals surface area contributed by atoms with Crippen LogP contribution in [0, 0.1) is 0 Å². The smallest absolute Gasteiger partial charge is 0.176 e. The Balaban J connectivity index is 2.22. The fraction of sp³-hybridized carbons (Fsp3) is 0.200. The number of aromatic nitrogens is 3. The molecule has 0 unspecified atom stereocenters. The predicted octanol–water partition coefficient (Wildman–Crippen LogP) is 0.234. The second-order valence-corrected chi connectivity index (χ2v) is 3.50. The molecule has 3 rings (SSSR count). The van der Waals surface area contributed by atoms with Crippen molar-refractivity contribution in [2.24, 2.45) is 0 Å². The normalized spacial score (nSPS) is 12.8. The Morgan fingerprint density at radius 2 is 2.38 bits per heavy atom. The molecule has 1 aromatic carbocycles. The van der Waals surface area contributed by atoms with Gasteiger partial charge in [0, 0.05) is 0 Å². The summed E-state index contributed by atoms with van der Waals surface area (Å²) in [5.41, 5.74) is 7.13. The predicted molar refractivity (Wildman–Crippen MR) is 56.0 cm³/mol. The van der Waals surface area contributed by atoms with Crippen LogP contribution in [-0.2, 0) is 13.2 Å². The molecule has 6 nitrogen and oxygen atoms in total. The number of aliphatic hydroxyl groups is 1. The lowest BCUT2D eigenvalue weighted by Crippen LogP contribution is -2.15. The lowest BCUT2D eigenvalue weighted by atomic mass is 10.2.